The second-order valence-electron chi connectivity index (χ2n) is 6.59. The van der Waals surface area contributed by atoms with Gasteiger partial charge >= 0.3 is 0 Å². The number of hydrogen-bond donors (Lipinski definition) is 0. The fourth-order valence-electron chi connectivity index (χ4n) is 3.33. The Labute approximate surface area is 151 Å². The maximum atomic E-state index is 12.3. The number of ether oxygens (including phenoxy) is 2. The first-order valence-corrected chi connectivity index (χ1v) is 9.04. The average molecular weight is 358 g/mol. The van der Waals surface area contributed by atoms with Crippen molar-refractivity contribution in [2.75, 3.05) is 19.7 Å². The van der Waals surface area contributed by atoms with Gasteiger partial charge in [-0.15, -0.1) is 0 Å². The van der Waals surface area contributed by atoms with Crippen molar-refractivity contribution in [3.05, 3.63) is 30.4 Å². The predicted molar refractivity (Wildman–Crippen MR) is 90.9 cm³/mol. The van der Waals surface area contributed by atoms with Crippen LogP contribution in [-0.2, 0) is 20.9 Å². The zero-order valence-corrected chi connectivity index (χ0v) is 14.5. The van der Waals surface area contributed by atoms with Gasteiger partial charge < -0.3 is 18.9 Å². The van der Waals surface area contributed by atoms with Gasteiger partial charge in [-0.05, 0) is 37.8 Å². The van der Waals surface area contributed by atoms with Gasteiger partial charge in [0.1, 0.15) is 12.7 Å². The Morgan fingerprint density at radius 2 is 2.19 bits per heavy atom. The molecule has 2 aliphatic rings. The minimum Gasteiger partial charge on any atom is -0.368 e. The summed E-state index contributed by atoms with van der Waals surface area (Å²) in [5.41, 5.74) is 0.809. The van der Waals surface area contributed by atoms with E-state index in [1.165, 1.54) is 0 Å². The molecule has 0 N–H and O–H groups in total. The Bertz CT molecular complexity index is 722. The van der Waals surface area contributed by atoms with E-state index >= 15 is 0 Å². The number of piperidine rings is 1. The Hall–Kier alpha value is -2.32. The van der Waals surface area contributed by atoms with E-state index in [2.05, 4.69) is 15.1 Å². The van der Waals surface area contributed by atoms with Crippen LogP contribution in [0.15, 0.2) is 29.0 Å². The Morgan fingerprint density at radius 3 is 2.92 bits per heavy atom. The van der Waals surface area contributed by atoms with Gasteiger partial charge in [-0.2, -0.15) is 4.98 Å². The third-order valence-corrected chi connectivity index (χ3v) is 4.79. The average Bonchev–Trinajstić information content (AvgIpc) is 3.39. The van der Waals surface area contributed by atoms with Crippen molar-refractivity contribution < 1.29 is 18.8 Å². The van der Waals surface area contributed by atoms with Gasteiger partial charge in [0.05, 0.1) is 6.10 Å². The summed E-state index contributed by atoms with van der Waals surface area (Å²) in [6.45, 7) is 2.38. The Morgan fingerprint density at radius 1 is 1.31 bits per heavy atom. The molecule has 2 aliphatic heterocycles. The molecule has 8 heteroatoms. The van der Waals surface area contributed by atoms with Crippen molar-refractivity contribution >= 4 is 5.91 Å². The minimum atomic E-state index is -0.239. The smallest absolute Gasteiger partial charge is 0.252 e. The van der Waals surface area contributed by atoms with Crippen molar-refractivity contribution in [1.29, 1.82) is 0 Å². The van der Waals surface area contributed by atoms with E-state index in [0.717, 1.165) is 31.2 Å². The van der Waals surface area contributed by atoms with E-state index in [-0.39, 0.29) is 24.7 Å². The van der Waals surface area contributed by atoms with Crippen LogP contribution < -0.4 is 0 Å². The van der Waals surface area contributed by atoms with Crippen molar-refractivity contribution in [2.45, 2.75) is 44.5 Å². The highest BCUT2D eigenvalue weighted by Gasteiger charge is 2.31. The van der Waals surface area contributed by atoms with Crippen LogP contribution in [0.2, 0.25) is 0 Å². The number of carbonyl (C=O) groups excluding carboxylic acids is 1. The van der Waals surface area contributed by atoms with E-state index in [0.29, 0.717) is 31.4 Å². The molecule has 0 aliphatic carbocycles. The van der Waals surface area contributed by atoms with Crippen LogP contribution >= 0.6 is 0 Å². The molecule has 0 saturated carbocycles. The standard InChI is InChI=1S/C18H22N4O4/c23-18(15-4-2-10-24-15)22-8-5-14(6-9-22)25-12-16-20-17(21-26-16)13-3-1-7-19-11-13/h1,3,7,11,14-15H,2,4-6,8-10,12H2. The largest absolute Gasteiger partial charge is 0.368 e. The summed E-state index contributed by atoms with van der Waals surface area (Å²) in [5.74, 6) is 1.08. The molecular formula is C18H22N4O4. The van der Waals surface area contributed by atoms with Crippen LogP contribution in [0, 0.1) is 0 Å². The lowest BCUT2D eigenvalue weighted by molar-refractivity contribution is -0.143. The first-order chi connectivity index (χ1) is 12.8. The highest BCUT2D eigenvalue weighted by molar-refractivity contribution is 5.81. The van der Waals surface area contributed by atoms with Gasteiger partial charge in [0, 0.05) is 37.7 Å². The summed E-state index contributed by atoms with van der Waals surface area (Å²) < 4.78 is 16.6. The number of pyridine rings is 1. The molecule has 0 radical (unpaired) electrons. The second kappa shape index (κ2) is 7.92. The van der Waals surface area contributed by atoms with Crippen molar-refractivity contribution in [3.8, 4) is 11.4 Å². The first-order valence-electron chi connectivity index (χ1n) is 9.04. The molecular weight excluding hydrogens is 336 g/mol. The molecule has 8 nitrogen and oxygen atoms in total. The lowest BCUT2D eigenvalue weighted by atomic mass is 10.1. The van der Waals surface area contributed by atoms with Gasteiger partial charge in [0.2, 0.25) is 5.82 Å². The monoisotopic (exact) mass is 358 g/mol. The molecule has 4 heterocycles. The summed E-state index contributed by atoms with van der Waals surface area (Å²) in [4.78, 5) is 22.6. The molecule has 1 amide bonds. The third kappa shape index (κ3) is 3.91. The van der Waals surface area contributed by atoms with E-state index in [9.17, 15) is 4.79 Å². The molecule has 0 spiro atoms. The number of likely N-dealkylation sites (tertiary alicyclic amines) is 1. The lowest BCUT2D eigenvalue weighted by Gasteiger charge is -2.33. The Kier molecular flexibility index (Phi) is 5.21. The van der Waals surface area contributed by atoms with Gasteiger partial charge in [0.15, 0.2) is 0 Å². The van der Waals surface area contributed by atoms with Gasteiger partial charge in [-0.25, -0.2) is 0 Å². The highest BCUT2D eigenvalue weighted by atomic mass is 16.5. The van der Waals surface area contributed by atoms with Gasteiger partial charge in [0.25, 0.3) is 11.8 Å². The molecule has 138 valence electrons. The zero-order valence-electron chi connectivity index (χ0n) is 14.5. The van der Waals surface area contributed by atoms with Crippen LogP contribution in [0.25, 0.3) is 11.4 Å². The molecule has 1 atom stereocenters. The molecule has 2 aromatic heterocycles. The summed E-state index contributed by atoms with van der Waals surface area (Å²) in [5, 5.41) is 3.96. The fourth-order valence-corrected chi connectivity index (χ4v) is 3.33. The van der Waals surface area contributed by atoms with Crippen molar-refractivity contribution in [2.24, 2.45) is 0 Å². The molecule has 0 aromatic carbocycles. The van der Waals surface area contributed by atoms with Crippen LogP contribution in [-0.4, -0.2) is 57.8 Å². The van der Waals surface area contributed by atoms with E-state index in [1.54, 1.807) is 12.4 Å². The zero-order chi connectivity index (χ0) is 17.8. The quantitative estimate of drug-likeness (QED) is 0.805. The van der Waals surface area contributed by atoms with E-state index in [4.69, 9.17) is 14.0 Å². The van der Waals surface area contributed by atoms with Gasteiger partial charge in [-0.1, -0.05) is 5.16 Å². The van der Waals surface area contributed by atoms with Crippen LogP contribution in [0.3, 0.4) is 0 Å². The number of aromatic nitrogens is 3. The number of rotatable bonds is 5. The predicted octanol–water partition coefficient (Wildman–Crippen LogP) is 1.82. The molecule has 0 bridgehead atoms. The maximum Gasteiger partial charge on any atom is 0.252 e. The number of nitrogens with zero attached hydrogens (tertiary/aromatic N) is 4. The fraction of sp³-hybridized carbons (Fsp3) is 0.556. The van der Waals surface area contributed by atoms with E-state index < -0.39 is 0 Å². The maximum absolute atomic E-state index is 12.3. The molecule has 1 unspecified atom stereocenters. The van der Waals surface area contributed by atoms with Crippen LogP contribution in [0.5, 0.6) is 0 Å². The number of carbonyl (C=O) groups is 1. The van der Waals surface area contributed by atoms with Crippen molar-refractivity contribution in [3.63, 3.8) is 0 Å². The van der Waals surface area contributed by atoms with Crippen LogP contribution in [0.4, 0.5) is 0 Å². The Balaban J connectivity index is 1.24. The summed E-state index contributed by atoms with van der Waals surface area (Å²) in [7, 11) is 0. The molecule has 2 fully saturated rings. The van der Waals surface area contributed by atoms with Gasteiger partial charge in [-0.3, -0.25) is 9.78 Å². The summed E-state index contributed by atoms with van der Waals surface area (Å²) >= 11 is 0. The second-order valence-corrected chi connectivity index (χ2v) is 6.59. The minimum absolute atomic E-state index is 0.0947. The SMILES string of the molecule is O=C(C1CCCO1)N1CCC(OCc2nc(-c3cccnc3)no2)CC1. The van der Waals surface area contributed by atoms with E-state index in [1.807, 2.05) is 17.0 Å². The lowest BCUT2D eigenvalue weighted by Crippen LogP contribution is -2.45. The van der Waals surface area contributed by atoms with Crippen molar-refractivity contribution in [1.82, 2.24) is 20.0 Å². The molecule has 4 rings (SSSR count). The molecule has 2 aromatic rings. The third-order valence-electron chi connectivity index (χ3n) is 4.79. The topological polar surface area (TPSA) is 90.6 Å². The normalized spacial score (nSPS) is 21.2. The van der Waals surface area contributed by atoms with Crippen LogP contribution in [0.1, 0.15) is 31.6 Å². The first kappa shape index (κ1) is 17.1. The highest BCUT2D eigenvalue weighted by Crippen LogP contribution is 2.21. The molecule has 26 heavy (non-hydrogen) atoms. The molecule has 2 saturated heterocycles. The number of amides is 1. The number of hydrogen-bond acceptors (Lipinski definition) is 7. The summed E-state index contributed by atoms with van der Waals surface area (Å²) in [6.07, 6.45) is 6.67. The summed E-state index contributed by atoms with van der Waals surface area (Å²) in [6, 6.07) is 3.71.